The zero-order valence-electron chi connectivity index (χ0n) is 14.7. The number of rotatable bonds is 4. The Kier molecular flexibility index (Phi) is 6.37. The molecule has 1 aromatic carbocycles. The Morgan fingerprint density at radius 3 is 2.50 bits per heavy atom. The number of hydrogen-bond donors (Lipinski definition) is 1. The van der Waals surface area contributed by atoms with Crippen molar-refractivity contribution in [3.8, 4) is 0 Å². The second-order valence-corrected chi connectivity index (χ2v) is 9.98. The molecule has 1 aromatic rings. The van der Waals surface area contributed by atoms with Crippen molar-refractivity contribution in [3.63, 3.8) is 0 Å². The first kappa shape index (κ1) is 19.8. The van der Waals surface area contributed by atoms with Crippen molar-refractivity contribution in [2.75, 3.05) is 32.8 Å². The van der Waals surface area contributed by atoms with Crippen LogP contribution >= 0.6 is 15.9 Å². The number of carbonyl (C=O) groups is 1. The van der Waals surface area contributed by atoms with Gasteiger partial charge in [-0.15, -0.1) is 0 Å². The van der Waals surface area contributed by atoms with Crippen LogP contribution in [0, 0.1) is 11.8 Å². The van der Waals surface area contributed by atoms with Crippen molar-refractivity contribution in [2.45, 2.75) is 30.6 Å². The van der Waals surface area contributed by atoms with Gasteiger partial charge in [-0.3, -0.25) is 4.79 Å². The quantitative estimate of drug-likeness (QED) is 0.770. The summed E-state index contributed by atoms with van der Waals surface area (Å²) >= 11 is 3.32. The molecule has 1 amide bonds. The Hall–Kier alpha value is -0.960. The summed E-state index contributed by atoms with van der Waals surface area (Å²) in [4.78, 5) is 15.0. The van der Waals surface area contributed by atoms with Crippen LogP contribution in [0.5, 0.6) is 0 Å². The molecule has 1 N–H and O–H groups in total. The van der Waals surface area contributed by atoms with E-state index in [2.05, 4.69) is 15.9 Å². The third-order valence-corrected chi connectivity index (χ3v) is 7.68. The summed E-state index contributed by atoms with van der Waals surface area (Å²) < 4.78 is 28.1. The second-order valence-electron chi connectivity index (χ2n) is 7.13. The summed E-state index contributed by atoms with van der Waals surface area (Å²) in [5.41, 5.74) is 0. The van der Waals surface area contributed by atoms with Gasteiger partial charge >= 0.3 is 0 Å². The van der Waals surface area contributed by atoms with Crippen LogP contribution in [-0.4, -0.2) is 61.4 Å². The molecule has 0 aliphatic carbocycles. The maximum Gasteiger partial charge on any atom is 0.243 e. The van der Waals surface area contributed by atoms with E-state index < -0.39 is 10.0 Å². The number of carbonyl (C=O) groups excluding carboxylic acids is 1. The van der Waals surface area contributed by atoms with Gasteiger partial charge in [0.25, 0.3) is 0 Å². The molecule has 6 nitrogen and oxygen atoms in total. The molecule has 2 unspecified atom stereocenters. The number of aliphatic hydroxyl groups is 1. The van der Waals surface area contributed by atoms with E-state index in [-0.39, 0.29) is 35.8 Å². The fourth-order valence-corrected chi connectivity index (χ4v) is 5.58. The Morgan fingerprint density at radius 2 is 1.81 bits per heavy atom. The lowest BCUT2D eigenvalue weighted by Gasteiger charge is -2.37. The average Bonchev–Trinajstić information content (AvgIpc) is 2.68. The standard InChI is InChI=1S/C18H25BrN2O4S/c19-16-5-7-17(8-6-16)26(24,25)21-10-2-4-15(12-21)18(23)20-9-1-3-14(11-20)13-22/h5-8,14-15,22H,1-4,9-13H2. The number of nitrogens with zero attached hydrogens (tertiary/aromatic N) is 2. The first-order valence-corrected chi connectivity index (χ1v) is 11.3. The zero-order chi connectivity index (χ0) is 18.7. The maximum atomic E-state index is 12.9. The van der Waals surface area contributed by atoms with Gasteiger partial charge in [0.05, 0.1) is 10.8 Å². The van der Waals surface area contributed by atoms with Gasteiger partial charge in [-0.2, -0.15) is 4.31 Å². The lowest BCUT2D eigenvalue weighted by molar-refractivity contribution is -0.138. The molecule has 0 bridgehead atoms. The molecule has 26 heavy (non-hydrogen) atoms. The molecule has 144 valence electrons. The number of aliphatic hydroxyl groups excluding tert-OH is 1. The topological polar surface area (TPSA) is 77.9 Å². The van der Waals surface area contributed by atoms with Crippen molar-refractivity contribution in [2.24, 2.45) is 11.8 Å². The van der Waals surface area contributed by atoms with Gasteiger partial charge in [-0.05, 0) is 55.9 Å². The minimum atomic E-state index is -3.59. The van der Waals surface area contributed by atoms with Gasteiger partial charge in [-0.1, -0.05) is 15.9 Å². The van der Waals surface area contributed by atoms with E-state index in [1.54, 1.807) is 24.3 Å². The molecule has 0 spiro atoms. The molecule has 8 heteroatoms. The first-order chi connectivity index (χ1) is 12.4. The van der Waals surface area contributed by atoms with E-state index in [1.807, 2.05) is 4.90 Å². The normalized spacial score (nSPS) is 25.2. The van der Waals surface area contributed by atoms with Crippen LogP contribution in [-0.2, 0) is 14.8 Å². The summed E-state index contributed by atoms with van der Waals surface area (Å²) in [6, 6.07) is 6.59. The highest BCUT2D eigenvalue weighted by Crippen LogP contribution is 2.27. The fourth-order valence-electron chi connectivity index (χ4n) is 3.79. The van der Waals surface area contributed by atoms with Crippen molar-refractivity contribution >= 4 is 31.9 Å². The number of halogens is 1. The molecule has 0 aromatic heterocycles. The van der Waals surface area contributed by atoms with Gasteiger partial charge in [0.15, 0.2) is 0 Å². The number of benzene rings is 1. The Labute approximate surface area is 163 Å². The average molecular weight is 445 g/mol. The zero-order valence-corrected chi connectivity index (χ0v) is 17.1. The third kappa shape index (κ3) is 4.30. The van der Waals surface area contributed by atoms with E-state index >= 15 is 0 Å². The first-order valence-electron chi connectivity index (χ1n) is 9.07. The number of piperidine rings is 2. The van der Waals surface area contributed by atoms with Crippen LogP contribution in [0.3, 0.4) is 0 Å². The van der Waals surface area contributed by atoms with Gasteiger partial charge in [0, 0.05) is 37.3 Å². The third-order valence-electron chi connectivity index (χ3n) is 5.27. The summed E-state index contributed by atoms with van der Waals surface area (Å²) in [5, 5.41) is 9.37. The molecule has 2 saturated heterocycles. The lowest BCUT2D eigenvalue weighted by atomic mass is 9.94. The summed E-state index contributed by atoms with van der Waals surface area (Å²) in [7, 11) is -3.59. The molecule has 2 atom stereocenters. The number of sulfonamides is 1. The molecule has 2 aliphatic rings. The minimum Gasteiger partial charge on any atom is -0.396 e. The van der Waals surface area contributed by atoms with Gasteiger partial charge in [-0.25, -0.2) is 8.42 Å². The highest BCUT2D eigenvalue weighted by molar-refractivity contribution is 9.10. The summed E-state index contributed by atoms with van der Waals surface area (Å²) in [6.45, 7) is 2.05. The monoisotopic (exact) mass is 444 g/mol. The van der Waals surface area contributed by atoms with Gasteiger partial charge < -0.3 is 10.0 Å². The van der Waals surface area contributed by atoms with Crippen molar-refractivity contribution in [1.82, 2.24) is 9.21 Å². The fraction of sp³-hybridized carbons (Fsp3) is 0.611. The number of likely N-dealkylation sites (tertiary alicyclic amines) is 1. The van der Waals surface area contributed by atoms with Crippen LogP contribution < -0.4 is 0 Å². The Morgan fingerprint density at radius 1 is 1.12 bits per heavy atom. The van der Waals surface area contributed by atoms with E-state index in [9.17, 15) is 18.3 Å². The van der Waals surface area contributed by atoms with Crippen LogP contribution in [0.4, 0.5) is 0 Å². The van der Waals surface area contributed by atoms with E-state index in [0.717, 1.165) is 17.3 Å². The highest BCUT2D eigenvalue weighted by Gasteiger charge is 2.36. The largest absolute Gasteiger partial charge is 0.396 e. The predicted molar refractivity (Wildman–Crippen MR) is 102 cm³/mol. The maximum absolute atomic E-state index is 12.9. The SMILES string of the molecule is O=C(C1CCCN(S(=O)(=O)c2ccc(Br)cc2)C1)N1CCCC(CO)C1. The van der Waals surface area contributed by atoms with E-state index in [0.29, 0.717) is 32.5 Å². The molecule has 2 aliphatic heterocycles. The highest BCUT2D eigenvalue weighted by atomic mass is 79.9. The molecule has 0 radical (unpaired) electrons. The van der Waals surface area contributed by atoms with E-state index in [1.165, 1.54) is 4.31 Å². The van der Waals surface area contributed by atoms with Crippen molar-refractivity contribution in [3.05, 3.63) is 28.7 Å². The van der Waals surface area contributed by atoms with Crippen LogP contribution in [0.15, 0.2) is 33.6 Å². The van der Waals surface area contributed by atoms with Crippen LogP contribution in [0.2, 0.25) is 0 Å². The molecule has 2 fully saturated rings. The van der Waals surface area contributed by atoms with Gasteiger partial charge in [0.2, 0.25) is 15.9 Å². The summed E-state index contributed by atoms with van der Waals surface area (Å²) in [6.07, 6.45) is 3.23. The number of amides is 1. The molecule has 3 rings (SSSR count). The van der Waals surface area contributed by atoms with Gasteiger partial charge in [0.1, 0.15) is 0 Å². The lowest BCUT2D eigenvalue weighted by Crippen LogP contribution is -2.49. The van der Waals surface area contributed by atoms with Crippen molar-refractivity contribution in [1.29, 1.82) is 0 Å². The molecule has 0 saturated carbocycles. The Bertz CT molecular complexity index is 738. The Balaban J connectivity index is 1.70. The summed E-state index contributed by atoms with van der Waals surface area (Å²) in [5.74, 6) is -0.135. The predicted octanol–water partition coefficient (Wildman–Crippen LogP) is 2.08. The van der Waals surface area contributed by atoms with Crippen LogP contribution in [0.1, 0.15) is 25.7 Å². The molecular weight excluding hydrogens is 420 g/mol. The van der Waals surface area contributed by atoms with Crippen molar-refractivity contribution < 1.29 is 18.3 Å². The number of hydrogen-bond acceptors (Lipinski definition) is 4. The van der Waals surface area contributed by atoms with Crippen LogP contribution in [0.25, 0.3) is 0 Å². The molecule has 2 heterocycles. The van der Waals surface area contributed by atoms with E-state index in [4.69, 9.17) is 0 Å². The smallest absolute Gasteiger partial charge is 0.243 e. The second kappa shape index (κ2) is 8.37. The molecular formula is C18H25BrN2O4S. The minimum absolute atomic E-state index is 0.0267.